The van der Waals surface area contributed by atoms with E-state index in [-0.39, 0.29) is 12.0 Å². The van der Waals surface area contributed by atoms with Crippen LogP contribution in [0.3, 0.4) is 0 Å². The zero-order valence-electron chi connectivity index (χ0n) is 11.0. The number of rotatable bonds is 5. The van der Waals surface area contributed by atoms with E-state index in [0.717, 1.165) is 11.3 Å². The normalized spacial score (nSPS) is 12.1. The minimum absolute atomic E-state index is 0.193. The Balaban J connectivity index is 1.92. The molecular formula is C14H17N3O2. The summed E-state index contributed by atoms with van der Waals surface area (Å²) in [6, 6.07) is 7.72. The van der Waals surface area contributed by atoms with Crippen LogP contribution in [0.4, 0.5) is 0 Å². The van der Waals surface area contributed by atoms with Crippen LogP contribution < -0.4 is 5.32 Å². The predicted octanol–water partition coefficient (Wildman–Crippen LogP) is 2.05. The molecule has 1 unspecified atom stereocenters. The van der Waals surface area contributed by atoms with E-state index in [4.69, 9.17) is 0 Å². The Labute approximate surface area is 112 Å². The molecule has 0 spiro atoms. The second-order valence-corrected chi connectivity index (χ2v) is 4.28. The van der Waals surface area contributed by atoms with Crippen LogP contribution in [-0.2, 0) is 11.3 Å². The molecule has 2 N–H and O–H groups in total. The summed E-state index contributed by atoms with van der Waals surface area (Å²) in [7, 11) is 1.37. The standard InChI is InChI=1S/C14H17N3O2/c1-10(11-4-3-7-15-8-11)16-9-12-5-6-13(17-12)14(18)19-2/h3-8,10,16-17H,9H2,1-2H3. The van der Waals surface area contributed by atoms with Gasteiger partial charge in [0.15, 0.2) is 0 Å². The van der Waals surface area contributed by atoms with Gasteiger partial charge < -0.3 is 15.0 Å². The molecule has 2 aromatic heterocycles. The average Bonchev–Trinajstić information content (AvgIpc) is 2.93. The maximum absolute atomic E-state index is 11.3. The Hall–Kier alpha value is -2.14. The minimum atomic E-state index is -0.355. The number of aromatic nitrogens is 2. The number of methoxy groups -OCH3 is 1. The molecule has 2 aromatic rings. The Morgan fingerprint density at radius 3 is 3.00 bits per heavy atom. The summed E-state index contributed by atoms with van der Waals surface area (Å²) in [6.45, 7) is 2.72. The monoisotopic (exact) mass is 259 g/mol. The zero-order chi connectivity index (χ0) is 13.7. The van der Waals surface area contributed by atoms with Gasteiger partial charge in [0.1, 0.15) is 5.69 Å². The third kappa shape index (κ3) is 3.42. The van der Waals surface area contributed by atoms with E-state index in [0.29, 0.717) is 12.2 Å². The molecule has 0 amide bonds. The predicted molar refractivity (Wildman–Crippen MR) is 71.6 cm³/mol. The van der Waals surface area contributed by atoms with Crippen molar-refractivity contribution < 1.29 is 9.53 Å². The van der Waals surface area contributed by atoms with Gasteiger partial charge in [-0.15, -0.1) is 0 Å². The minimum Gasteiger partial charge on any atom is -0.464 e. The first kappa shape index (κ1) is 13.3. The van der Waals surface area contributed by atoms with Gasteiger partial charge >= 0.3 is 5.97 Å². The molecule has 0 bridgehead atoms. The van der Waals surface area contributed by atoms with Gasteiger partial charge in [0, 0.05) is 30.7 Å². The highest BCUT2D eigenvalue weighted by Gasteiger charge is 2.09. The van der Waals surface area contributed by atoms with Crippen molar-refractivity contribution >= 4 is 5.97 Å². The fourth-order valence-electron chi connectivity index (χ4n) is 1.79. The molecule has 0 aliphatic rings. The van der Waals surface area contributed by atoms with Gasteiger partial charge in [-0.2, -0.15) is 0 Å². The van der Waals surface area contributed by atoms with Crippen LogP contribution in [0.1, 0.15) is 34.7 Å². The van der Waals surface area contributed by atoms with Gasteiger partial charge in [0.2, 0.25) is 0 Å². The molecule has 19 heavy (non-hydrogen) atoms. The first-order chi connectivity index (χ1) is 9.20. The highest BCUT2D eigenvalue weighted by Crippen LogP contribution is 2.11. The topological polar surface area (TPSA) is 67.0 Å². The van der Waals surface area contributed by atoms with Gasteiger partial charge in [-0.3, -0.25) is 4.98 Å². The summed E-state index contributed by atoms with van der Waals surface area (Å²) < 4.78 is 4.65. The van der Waals surface area contributed by atoms with Crippen LogP contribution in [0.5, 0.6) is 0 Å². The fourth-order valence-corrected chi connectivity index (χ4v) is 1.79. The summed E-state index contributed by atoms with van der Waals surface area (Å²) in [5, 5.41) is 3.36. The highest BCUT2D eigenvalue weighted by molar-refractivity contribution is 5.87. The van der Waals surface area contributed by atoms with Crippen LogP contribution in [0.15, 0.2) is 36.7 Å². The molecule has 0 aliphatic carbocycles. The zero-order valence-corrected chi connectivity index (χ0v) is 11.0. The Kier molecular flexibility index (Phi) is 4.30. The van der Waals surface area contributed by atoms with Crippen LogP contribution in [0, 0.1) is 0 Å². The summed E-state index contributed by atoms with van der Waals surface area (Å²) in [5.41, 5.74) is 2.53. The van der Waals surface area contributed by atoms with E-state index in [9.17, 15) is 4.79 Å². The van der Waals surface area contributed by atoms with Crippen molar-refractivity contribution in [2.24, 2.45) is 0 Å². The summed E-state index contributed by atoms with van der Waals surface area (Å²) in [4.78, 5) is 18.4. The Morgan fingerprint density at radius 1 is 1.47 bits per heavy atom. The molecular weight excluding hydrogens is 242 g/mol. The van der Waals surface area contributed by atoms with Crippen LogP contribution in [-0.4, -0.2) is 23.0 Å². The van der Waals surface area contributed by atoms with Crippen molar-refractivity contribution in [1.29, 1.82) is 0 Å². The molecule has 2 rings (SSSR count). The molecule has 2 heterocycles. The number of H-pyrrole nitrogens is 1. The lowest BCUT2D eigenvalue weighted by molar-refractivity contribution is 0.0594. The second kappa shape index (κ2) is 6.15. The molecule has 1 atom stereocenters. The first-order valence-electron chi connectivity index (χ1n) is 6.10. The van der Waals surface area contributed by atoms with E-state index in [1.165, 1.54) is 7.11 Å². The summed E-state index contributed by atoms with van der Waals surface area (Å²) >= 11 is 0. The number of pyridine rings is 1. The van der Waals surface area contributed by atoms with Crippen molar-refractivity contribution in [2.75, 3.05) is 7.11 Å². The lowest BCUT2D eigenvalue weighted by Gasteiger charge is -2.12. The van der Waals surface area contributed by atoms with Gasteiger partial charge in [-0.05, 0) is 30.7 Å². The van der Waals surface area contributed by atoms with E-state index in [2.05, 4.69) is 26.9 Å². The van der Waals surface area contributed by atoms with Gasteiger partial charge in [0.25, 0.3) is 0 Å². The maximum atomic E-state index is 11.3. The van der Waals surface area contributed by atoms with Gasteiger partial charge in [0.05, 0.1) is 7.11 Å². The Morgan fingerprint density at radius 2 is 2.32 bits per heavy atom. The molecule has 0 aromatic carbocycles. The van der Waals surface area contributed by atoms with Gasteiger partial charge in [-0.25, -0.2) is 4.79 Å². The van der Waals surface area contributed by atoms with Crippen molar-refractivity contribution in [3.8, 4) is 0 Å². The molecule has 0 aliphatic heterocycles. The van der Waals surface area contributed by atoms with E-state index >= 15 is 0 Å². The lowest BCUT2D eigenvalue weighted by Crippen LogP contribution is -2.18. The second-order valence-electron chi connectivity index (χ2n) is 4.28. The molecule has 0 saturated carbocycles. The summed E-state index contributed by atoms with van der Waals surface area (Å²) in [5.74, 6) is -0.355. The van der Waals surface area contributed by atoms with Crippen molar-refractivity contribution in [3.63, 3.8) is 0 Å². The molecule has 5 nitrogen and oxygen atoms in total. The van der Waals surface area contributed by atoms with E-state index in [1.807, 2.05) is 24.4 Å². The number of nitrogens with one attached hydrogen (secondary N) is 2. The van der Waals surface area contributed by atoms with Crippen molar-refractivity contribution in [2.45, 2.75) is 19.5 Å². The molecule has 100 valence electrons. The maximum Gasteiger partial charge on any atom is 0.354 e. The number of hydrogen-bond donors (Lipinski definition) is 2. The SMILES string of the molecule is COC(=O)c1ccc(CNC(C)c2cccnc2)[nH]1. The van der Waals surface area contributed by atoms with Crippen molar-refractivity contribution in [1.82, 2.24) is 15.3 Å². The van der Waals surface area contributed by atoms with Crippen LogP contribution in [0.25, 0.3) is 0 Å². The third-order valence-electron chi connectivity index (χ3n) is 2.93. The molecule has 0 saturated heterocycles. The number of carbonyl (C=O) groups excluding carboxylic acids is 1. The number of ether oxygens (including phenoxy) is 1. The molecule has 5 heteroatoms. The smallest absolute Gasteiger partial charge is 0.354 e. The fraction of sp³-hybridized carbons (Fsp3) is 0.286. The largest absolute Gasteiger partial charge is 0.464 e. The van der Waals surface area contributed by atoms with Crippen molar-refractivity contribution in [3.05, 3.63) is 53.6 Å². The summed E-state index contributed by atoms with van der Waals surface area (Å²) in [6.07, 6.45) is 3.59. The third-order valence-corrected chi connectivity index (χ3v) is 2.93. The number of aromatic amines is 1. The average molecular weight is 259 g/mol. The lowest BCUT2D eigenvalue weighted by atomic mass is 10.1. The number of hydrogen-bond acceptors (Lipinski definition) is 4. The van der Waals surface area contributed by atoms with E-state index in [1.54, 1.807) is 12.3 Å². The van der Waals surface area contributed by atoms with Gasteiger partial charge in [-0.1, -0.05) is 6.07 Å². The van der Waals surface area contributed by atoms with Crippen LogP contribution >= 0.6 is 0 Å². The number of esters is 1. The Bertz CT molecular complexity index is 537. The first-order valence-corrected chi connectivity index (χ1v) is 6.10. The number of nitrogens with zero attached hydrogens (tertiary/aromatic N) is 1. The quantitative estimate of drug-likeness (QED) is 0.806. The van der Waals surface area contributed by atoms with Crippen LogP contribution in [0.2, 0.25) is 0 Å². The van der Waals surface area contributed by atoms with E-state index < -0.39 is 0 Å². The number of carbonyl (C=O) groups is 1. The molecule has 0 fully saturated rings. The molecule has 0 radical (unpaired) electrons. The highest BCUT2D eigenvalue weighted by atomic mass is 16.5.